The molecule has 2 aromatic carbocycles. The number of carbonyl (C=O) groups is 1. The fourth-order valence-corrected chi connectivity index (χ4v) is 1.72. The van der Waals surface area contributed by atoms with Crippen molar-refractivity contribution in [3.05, 3.63) is 65.2 Å². The maximum absolute atomic E-state index is 12.0. The van der Waals surface area contributed by atoms with Gasteiger partial charge in [0.25, 0.3) is 5.91 Å². The predicted octanol–water partition coefficient (Wildman–Crippen LogP) is 4.14. The molecule has 2 rings (SSSR count). The molecule has 0 saturated carbocycles. The summed E-state index contributed by atoms with van der Waals surface area (Å²) in [5, 5.41) is 0.603. The molecule has 4 heteroatoms. The summed E-state index contributed by atoms with van der Waals surface area (Å²) in [5.41, 5.74) is 1.13. The van der Waals surface area contributed by atoms with E-state index in [0.717, 1.165) is 4.42 Å². The number of anilines is 1. The van der Waals surface area contributed by atoms with Gasteiger partial charge in [-0.2, -0.15) is 0 Å². The Hall–Kier alpha value is -1.51. The van der Waals surface area contributed by atoms with E-state index in [2.05, 4.69) is 0 Å². The third-order valence-electron chi connectivity index (χ3n) is 2.25. The highest BCUT2D eigenvalue weighted by Crippen LogP contribution is 2.21. The highest BCUT2D eigenvalue weighted by Gasteiger charge is 2.14. The van der Waals surface area contributed by atoms with Gasteiger partial charge in [-0.15, -0.1) is 0 Å². The summed E-state index contributed by atoms with van der Waals surface area (Å²) in [6.45, 7) is 0. The Morgan fingerprint density at radius 3 is 2.12 bits per heavy atom. The Labute approximate surface area is 109 Å². The van der Waals surface area contributed by atoms with Crippen molar-refractivity contribution in [1.29, 1.82) is 0 Å². The minimum absolute atomic E-state index is 0.269. The second-order valence-electron chi connectivity index (χ2n) is 3.43. The Morgan fingerprint density at radius 1 is 0.941 bits per heavy atom. The molecule has 0 unspecified atom stereocenters. The summed E-state index contributed by atoms with van der Waals surface area (Å²) in [7, 11) is 0. The van der Waals surface area contributed by atoms with Crippen LogP contribution in [0.2, 0.25) is 5.02 Å². The maximum Gasteiger partial charge on any atom is 0.272 e. The first-order valence-electron chi connectivity index (χ1n) is 4.99. The van der Waals surface area contributed by atoms with Crippen molar-refractivity contribution in [3.63, 3.8) is 0 Å². The van der Waals surface area contributed by atoms with E-state index < -0.39 is 0 Å². The van der Waals surface area contributed by atoms with E-state index in [1.165, 1.54) is 0 Å². The normalized spacial score (nSPS) is 10.0. The van der Waals surface area contributed by atoms with E-state index >= 15 is 0 Å². The molecule has 0 N–H and O–H groups in total. The van der Waals surface area contributed by atoms with E-state index in [1.54, 1.807) is 48.5 Å². The number of hydrogen-bond donors (Lipinski definition) is 0. The number of rotatable bonds is 2. The molecule has 0 atom stereocenters. The third-order valence-corrected chi connectivity index (χ3v) is 2.85. The maximum atomic E-state index is 12.0. The highest BCUT2D eigenvalue weighted by atomic mass is 35.5. The number of nitrogens with zero attached hydrogens (tertiary/aromatic N) is 1. The minimum Gasteiger partial charge on any atom is -0.267 e. The number of carbonyl (C=O) groups excluding carboxylic acids is 1. The van der Waals surface area contributed by atoms with Crippen molar-refractivity contribution in [3.8, 4) is 0 Å². The second-order valence-corrected chi connectivity index (χ2v) is 4.20. The van der Waals surface area contributed by atoms with Crippen LogP contribution in [-0.2, 0) is 0 Å². The molecule has 0 heterocycles. The van der Waals surface area contributed by atoms with E-state index in [9.17, 15) is 4.79 Å². The predicted molar refractivity (Wildman–Crippen MR) is 70.6 cm³/mol. The number of hydrogen-bond acceptors (Lipinski definition) is 1. The monoisotopic (exact) mass is 265 g/mol. The minimum atomic E-state index is -0.269. The van der Waals surface area contributed by atoms with Crippen molar-refractivity contribution in [2.45, 2.75) is 0 Å². The van der Waals surface area contributed by atoms with Gasteiger partial charge >= 0.3 is 0 Å². The lowest BCUT2D eigenvalue weighted by Gasteiger charge is -2.13. The van der Waals surface area contributed by atoms with Crippen LogP contribution in [0.15, 0.2) is 54.6 Å². The molecule has 0 aromatic heterocycles. The van der Waals surface area contributed by atoms with Crippen molar-refractivity contribution >= 4 is 35.0 Å². The van der Waals surface area contributed by atoms with E-state index in [-0.39, 0.29) is 5.91 Å². The van der Waals surface area contributed by atoms with Gasteiger partial charge in [-0.3, -0.25) is 4.79 Å². The van der Waals surface area contributed by atoms with Gasteiger partial charge in [-0.05, 0) is 36.4 Å². The molecular formula is C13H9Cl2NO. The van der Waals surface area contributed by atoms with Crippen LogP contribution in [0.5, 0.6) is 0 Å². The Kier molecular flexibility index (Phi) is 3.67. The van der Waals surface area contributed by atoms with Crippen LogP contribution in [-0.4, -0.2) is 5.91 Å². The zero-order valence-electron chi connectivity index (χ0n) is 8.81. The number of halogens is 2. The molecule has 17 heavy (non-hydrogen) atoms. The van der Waals surface area contributed by atoms with E-state index in [1.807, 2.05) is 6.07 Å². The average Bonchev–Trinajstić information content (AvgIpc) is 2.39. The molecule has 2 aromatic rings. The first-order valence-corrected chi connectivity index (χ1v) is 5.71. The molecule has 0 saturated heterocycles. The topological polar surface area (TPSA) is 20.3 Å². The van der Waals surface area contributed by atoms with E-state index in [4.69, 9.17) is 23.4 Å². The number of amides is 1. The summed E-state index contributed by atoms with van der Waals surface area (Å²) in [6, 6.07) is 15.6. The molecule has 2 nitrogen and oxygen atoms in total. The van der Waals surface area contributed by atoms with Crippen LogP contribution in [0.25, 0.3) is 0 Å². The third kappa shape index (κ3) is 2.78. The van der Waals surface area contributed by atoms with E-state index in [0.29, 0.717) is 16.3 Å². The Bertz CT molecular complexity index is 511. The van der Waals surface area contributed by atoms with Crippen LogP contribution in [0, 0.1) is 0 Å². The van der Waals surface area contributed by atoms with Crippen LogP contribution < -0.4 is 4.42 Å². The molecule has 0 aliphatic carbocycles. The molecule has 0 spiro atoms. The number of benzene rings is 2. The van der Waals surface area contributed by atoms with Gasteiger partial charge in [0.05, 0.1) is 5.69 Å². The fourth-order valence-electron chi connectivity index (χ4n) is 1.38. The lowest BCUT2D eigenvalue weighted by atomic mass is 10.2. The SMILES string of the molecule is O=C(c1ccccc1)N(Cl)c1ccc(Cl)cc1. The second kappa shape index (κ2) is 5.21. The van der Waals surface area contributed by atoms with Crippen LogP contribution >= 0.6 is 23.4 Å². The van der Waals surface area contributed by atoms with Crippen LogP contribution in [0.4, 0.5) is 5.69 Å². The summed E-state index contributed by atoms with van der Waals surface area (Å²) in [5.74, 6) is -0.269. The van der Waals surface area contributed by atoms with Crippen LogP contribution in [0.1, 0.15) is 10.4 Å². The summed E-state index contributed by atoms with van der Waals surface area (Å²) in [4.78, 5) is 12.0. The summed E-state index contributed by atoms with van der Waals surface area (Å²) >= 11 is 11.8. The molecular weight excluding hydrogens is 257 g/mol. The molecule has 0 aliphatic heterocycles. The standard InChI is InChI=1S/C13H9Cl2NO/c14-11-6-8-12(9-7-11)16(15)13(17)10-4-2-1-3-5-10/h1-9H. The Balaban J connectivity index is 2.23. The summed E-state index contributed by atoms with van der Waals surface area (Å²) in [6.07, 6.45) is 0. The fraction of sp³-hybridized carbons (Fsp3) is 0. The van der Waals surface area contributed by atoms with Gasteiger partial charge < -0.3 is 0 Å². The molecule has 0 aliphatic rings. The zero-order valence-corrected chi connectivity index (χ0v) is 10.3. The molecule has 0 fully saturated rings. The van der Waals surface area contributed by atoms with Crippen LogP contribution in [0.3, 0.4) is 0 Å². The average molecular weight is 266 g/mol. The zero-order chi connectivity index (χ0) is 12.3. The van der Waals surface area contributed by atoms with Crippen molar-refractivity contribution in [2.24, 2.45) is 0 Å². The van der Waals surface area contributed by atoms with Crippen molar-refractivity contribution in [2.75, 3.05) is 4.42 Å². The lowest BCUT2D eigenvalue weighted by Crippen LogP contribution is -2.20. The van der Waals surface area contributed by atoms with Gasteiger partial charge in [-0.25, -0.2) is 4.42 Å². The molecule has 0 radical (unpaired) electrons. The first-order chi connectivity index (χ1) is 8.18. The van der Waals surface area contributed by atoms with Gasteiger partial charge in [0, 0.05) is 22.4 Å². The largest absolute Gasteiger partial charge is 0.272 e. The Morgan fingerprint density at radius 2 is 1.53 bits per heavy atom. The smallest absolute Gasteiger partial charge is 0.267 e. The first kappa shape index (κ1) is 12.0. The molecule has 1 amide bonds. The van der Waals surface area contributed by atoms with Gasteiger partial charge in [0.2, 0.25) is 0 Å². The van der Waals surface area contributed by atoms with Gasteiger partial charge in [-0.1, -0.05) is 29.8 Å². The lowest BCUT2D eigenvalue weighted by molar-refractivity contribution is 0.101. The van der Waals surface area contributed by atoms with Crippen molar-refractivity contribution < 1.29 is 4.79 Å². The summed E-state index contributed by atoms with van der Waals surface area (Å²) < 4.78 is 1.08. The highest BCUT2D eigenvalue weighted by molar-refractivity contribution is 6.39. The van der Waals surface area contributed by atoms with Gasteiger partial charge in [0.1, 0.15) is 0 Å². The van der Waals surface area contributed by atoms with Gasteiger partial charge in [0.15, 0.2) is 0 Å². The quantitative estimate of drug-likeness (QED) is 0.748. The molecule has 0 bridgehead atoms. The molecule has 86 valence electrons. The van der Waals surface area contributed by atoms with Crippen molar-refractivity contribution in [1.82, 2.24) is 0 Å².